The molecule has 0 unspecified atom stereocenters. The van der Waals surface area contributed by atoms with Gasteiger partial charge in [0.05, 0.1) is 7.11 Å². The largest absolute Gasteiger partial charge is 0.467 e. The molecule has 0 aliphatic carbocycles. The van der Waals surface area contributed by atoms with E-state index in [1.54, 1.807) is 18.2 Å². The van der Waals surface area contributed by atoms with E-state index in [0.717, 1.165) is 12.0 Å². The fourth-order valence-electron chi connectivity index (χ4n) is 2.28. The molecular weight excluding hydrogens is 294 g/mol. The van der Waals surface area contributed by atoms with E-state index in [9.17, 15) is 9.59 Å². The minimum Gasteiger partial charge on any atom is -0.467 e. The molecule has 1 aliphatic heterocycles. The molecule has 0 aromatic heterocycles. The van der Waals surface area contributed by atoms with Crippen molar-refractivity contribution >= 4 is 23.5 Å². The van der Waals surface area contributed by atoms with E-state index in [1.165, 1.54) is 7.11 Å². The molecule has 1 aromatic rings. The van der Waals surface area contributed by atoms with Gasteiger partial charge in [-0.1, -0.05) is 23.7 Å². The van der Waals surface area contributed by atoms with Crippen LogP contribution in [0.1, 0.15) is 18.4 Å². The van der Waals surface area contributed by atoms with E-state index >= 15 is 0 Å². The van der Waals surface area contributed by atoms with Gasteiger partial charge < -0.3 is 14.8 Å². The number of rotatable bonds is 5. The normalized spacial score (nSPS) is 19.0. The third-order valence-corrected chi connectivity index (χ3v) is 3.59. The molecule has 5 nitrogen and oxygen atoms in total. The summed E-state index contributed by atoms with van der Waals surface area (Å²) in [5.74, 6) is -0.758. The maximum absolute atomic E-state index is 12.1. The van der Waals surface area contributed by atoms with Crippen molar-refractivity contribution in [2.75, 3.05) is 13.7 Å². The van der Waals surface area contributed by atoms with Crippen molar-refractivity contribution in [1.82, 2.24) is 5.32 Å². The number of methoxy groups -OCH3 is 1. The number of nitrogens with one attached hydrogen (secondary N) is 1. The Balaban J connectivity index is 2.03. The van der Waals surface area contributed by atoms with Crippen molar-refractivity contribution in [2.24, 2.45) is 0 Å². The summed E-state index contributed by atoms with van der Waals surface area (Å²) < 4.78 is 10.1. The summed E-state index contributed by atoms with van der Waals surface area (Å²) >= 11 is 5.93. The Kier molecular flexibility index (Phi) is 5.59. The van der Waals surface area contributed by atoms with Crippen LogP contribution in [0.5, 0.6) is 0 Å². The van der Waals surface area contributed by atoms with Crippen molar-refractivity contribution in [3.05, 3.63) is 34.9 Å². The van der Waals surface area contributed by atoms with E-state index in [1.807, 2.05) is 6.07 Å². The maximum atomic E-state index is 12.1. The lowest BCUT2D eigenvalue weighted by molar-refractivity contribution is -0.146. The standard InChI is InChI=1S/C15H18ClNO4/c1-20-15(19)12(9-10-4-2-5-11(16)8-10)17-14(18)13-6-3-7-21-13/h2,4-5,8,12-13H,3,6-7,9H2,1H3,(H,17,18)/t12-,13+/m0/s1. The Labute approximate surface area is 128 Å². The zero-order chi connectivity index (χ0) is 15.2. The monoisotopic (exact) mass is 311 g/mol. The smallest absolute Gasteiger partial charge is 0.328 e. The molecule has 1 saturated heterocycles. The SMILES string of the molecule is COC(=O)[C@H](Cc1cccc(Cl)c1)NC(=O)[C@H]1CCCO1. The first-order valence-electron chi connectivity index (χ1n) is 6.84. The lowest BCUT2D eigenvalue weighted by Gasteiger charge is -2.18. The average molecular weight is 312 g/mol. The van der Waals surface area contributed by atoms with Crippen molar-refractivity contribution < 1.29 is 19.1 Å². The highest BCUT2D eigenvalue weighted by Gasteiger charge is 2.28. The first-order chi connectivity index (χ1) is 10.1. The highest BCUT2D eigenvalue weighted by atomic mass is 35.5. The molecule has 2 rings (SSSR count). The van der Waals surface area contributed by atoms with Gasteiger partial charge in [-0.25, -0.2) is 4.79 Å². The summed E-state index contributed by atoms with van der Waals surface area (Å²) in [7, 11) is 1.30. The van der Waals surface area contributed by atoms with Crippen LogP contribution in [0.2, 0.25) is 5.02 Å². The molecular formula is C15H18ClNO4. The molecule has 114 valence electrons. The van der Waals surface area contributed by atoms with Crippen LogP contribution in [0.25, 0.3) is 0 Å². The van der Waals surface area contributed by atoms with E-state index in [2.05, 4.69) is 5.32 Å². The number of hydrogen-bond acceptors (Lipinski definition) is 4. The summed E-state index contributed by atoms with van der Waals surface area (Å²) in [6.45, 7) is 0.579. The van der Waals surface area contributed by atoms with Crippen LogP contribution >= 0.6 is 11.6 Å². The molecule has 6 heteroatoms. The summed E-state index contributed by atoms with van der Waals surface area (Å²) in [5, 5.41) is 3.28. The van der Waals surface area contributed by atoms with Gasteiger partial charge in [-0.2, -0.15) is 0 Å². The number of carbonyl (C=O) groups excluding carboxylic acids is 2. The quantitative estimate of drug-likeness (QED) is 0.841. The Morgan fingerprint density at radius 1 is 1.52 bits per heavy atom. The first-order valence-corrected chi connectivity index (χ1v) is 7.22. The second-order valence-corrected chi connectivity index (χ2v) is 5.36. The van der Waals surface area contributed by atoms with Crippen molar-refractivity contribution in [2.45, 2.75) is 31.4 Å². The van der Waals surface area contributed by atoms with E-state index in [4.69, 9.17) is 21.1 Å². The minimum atomic E-state index is -0.745. The van der Waals surface area contributed by atoms with Gasteiger partial charge in [0.1, 0.15) is 12.1 Å². The zero-order valence-electron chi connectivity index (χ0n) is 11.8. The Morgan fingerprint density at radius 2 is 2.33 bits per heavy atom. The summed E-state index contributed by atoms with van der Waals surface area (Å²) in [5.41, 5.74) is 0.852. The third kappa shape index (κ3) is 4.44. The maximum Gasteiger partial charge on any atom is 0.328 e. The fourth-order valence-corrected chi connectivity index (χ4v) is 2.50. The second kappa shape index (κ2) is 7.43. The molecule has 0 spiro atoms. The van der Waals surface area contributed by atoms with E-state index < -0.39 is 18.1 Å². The lowest BCUT2D eigenvalue weighted by Crippen LogP contribution is -2.47. The van der Waals surface area contributed by atoms with E-state index in [0.29, 0.717) is 24.5 Å². The van der Waals surface area contributed by atoms with Crippen molar-refractivity contribution in [1.29, 1.82) is 0 Å². The number of halogens is 1. The molecule has 21 heavy (non-hydrogen) atoms. The Hall–Kier alpha value is -1.59. The van der Waals surface area contributed by atoms with Crippen LogP contribution in [0.3, 0.4) is 0 Å². The van der Waals surface area contributed by atoms with Gasteiger partial charge in [0.2, 0.25) is 5.91 Å². The second-order valence-electron chi connectivity index (χ2n) is 4.92. The lowest BCUT2D eigenvalue weighted by atomic mass is 10.1. The van der Waals surface area contributed by atoms with Crippen LogP contribution < -0.4 is 5.32 Å². The van der Waals surface area contributed by atoms with Gasteiger partial charge >= 0.3 is 5.97 Å². The summed E-state index contributed by atoms with van der Waals surface area (Å²) in [6.07, 6.45) is 1.38. The Morgan fingerprint density at radius 3 is 2.95 bits per heavy atom. The highest BCUT2D eigenvalue weighted by molar-refractivity contribution is 6.30. The third-order valence-electron chi connectivity index (χ3n) is 3.35. The van der Waals surface area contributed by atoms with Crippen molar-refractivity contribution in [3.63, 3.8) is 0 Å². The molecule has 2 atom stereocenters. The van der Waals surface area contributed by atoms with Gasteiger partial charge in [0.25, 0.3) is 0 Å². The van der Waals surface area contributed by atoms with Crippen molar-refractivity contribution in [3.8, 4) is 0 Å². The Bertz CT molecular complexity index is 514. The first kappa shape index (κ1) is 15.8. The molecule has 0 bridgehead atoms. The minimum absolute atomic E-state index is 0.273. The summed E-state index contributed by atoms with van der Waals surface area (Å²) in [4.78, 5) is 23.9. The molecule has 1 N–H and O–H groups in total. The predicted octanol–water partition coefficient (Wildman–Crippen LogP) is 1.72. The fraction of sp³-hybridized carbons (Fsp3) is 0.467. The molecule has 1 heterocycles. The van der Waals surface area contributed by atoms with Crippen LogP contribution in [0.15, 0.2) is 24.3 Å². The number of amides is 1. The number of hydrogen-bond donors (Lipinski definition) is 1. The van der Waals surface area contributed by atoms with E-state index in [-0.39, 0.29) is 5.91 Å². The summed E-state index contributed by atoms with van der Waals surface area (Å²) in [6, 6.07) is 6.41. The number of benzene rings is 1. The number of carbonyl (C=O) groups is 2. The van der Waals surface area contributed by atoms with Gasteiger partial charge in [-0.3, -0.25) is 4.79 Å². The highest BCUT2D eigenvalue weighted by Crippen LogP contribution is 2.15. The number of ether oxygens (including phenoxy) is 2. The predicted molar refractivity (Wildman–Crippen MR) is 78.1 cm³/mol. The van der Waals surface area contributed by atoms with Crippen LogP contribution in [-0.4, -0.2) is 37.7 Å². The molecule has 1 aliphatic rings. The average Bonchev–Trinajstić information content (AvgIpc) is 3.00. The molecule has 1 fully saturated rings. The molecule has 1 amide bonds. The van der Waals surface area contributed by atoms with Gasteiger partial charge in [-0.15, -0.1) is 0 Å². The zero-order valence-corrected chi connectivity index (χ0v) is 12.6. The van der Waals surface area contributed by atoms with Gasteiger partial charge in [0.15, 0.2) is 0 Å². The van der Waals surface area contributed by atoms with Crippen LogP contribution in [0, 0.1) is 0 Å². The van der Waals surface area contributed by atoms with Crippen LogP contribution in [-0.2, 0) is 25.5 Å². The molecule has 0 radical (unpaired) electrons. The van der Waals surface area contributed by atoms with Gasteiger partial charge in [0, 0.05) is 18.1 Å². The topological polar surface area (TPSA) is 64.6 Å². The molecule has 1 aromatic carbocycles. The number of esters is 1. The van der Waals surface area contributed by atoms with Crippen LogP contribution in [0.4, 0.5) is 0 Å². The molecule has 0 saturated carbocycles. The van der Waals surface area contributed by atoms with Gasteiger partial charge in [-0.05, 0) is 30.5 Å².